The third-order valence-corrected chi connectivity index (χ3v) is 3.13. The molecule has 1 unspecified atom stereocenters. The van der Waals surface area contributed by atoms with Gasteiger partial charge in [0.2, 0.25) is 0 Å². The summed E-state index contributed by atoms with van der Waals surface area (Å²) in [5.41, 5.74) is -0.418. The van der Waals surface area contributed by atoms with Crippen LogP contribution in [0.4, 0.5) is 4.79 Å². The van der Waals surface area contributed by atoms with Crippen molar-refractivity contribution in [3.63, 3.8) is 0 Å². The lowest BCUT2D eigenvalue weighted by atomic mass is 10.0. The number of nitrogens with one attached hydrogen (secondary N) is 2. The number of hydrogen-bond acceptors (Lipinski definition) is 5. The van der Waals surface area contributed by atoms with E-state index in [1.807, 2.05) is 6.92 Å². The van der Waals surface area contributed by atoms with Gasteiger partial charge in [0.15, 0.2) is 0 Å². The van der Waals surface area contributed by atoms with E-state index in [4.69, 9.17) is 9.84 Å². The second kappa shape index (κ2) is 7.09. The first kappa shape index (κ1) is 16.2. The molecule has 0 aromatic carbocycles. The Morgan fingerprint density at radius 2 is 2.15 bits per heavy atom. The fraction of sp³-hybridized carbons (Fsp3) is 0.750. The summed E-state index contributed by atoms with van der Waals surface area (Å²) >= 11 is 0. The molecule has 20 heavy (non-hydrogen) atoms. The van der Waals surface area contributed by atoms with Crippen LogP contribution in [0, 0.1) is 0 Å². The minimum atomic E-state index is -1.32. The van der Waals surface area contributed by atoms with Crippen LogP contribution >= 0.6 is 0 Å². The molecule has 1 saturated heterocycles. The van der Waals surface area contributed by atoms with Gasteiger partial charge in [-0.3, -0.25) is 4.79 Å². The molecule has 0 aromatic heterocycles. The SMILES string of the molecule is COC(=O)C[C@H](NC(=O)NCC1(C)CCCO1)C(=O)O. The molecule has 0 radical (unpaired) electrons. The number of ether oxygens (including phenoxy) is 2. The van der Waals surface area contributed by atoms with Crippen LogP contribution < -0.4 is 10.6 Å². The zero-order valence-electron chi connectivity index (χ0n) is 11.6. The van der Waals surface area contributed by atoms with E-state index in [1.54, 1.807) is 0 Å². The number of carbonyl (C=O) groups excluding carboxylic acids is 2. The summed E-state index contributed by atoms with van der Waals surface area (Å²) in [6.07, 6.45) is 1.34. The molecule has 1 heterocycles. The first-order valence-electron chi connectivity index (χ1n) is 6.34. The van der Waals surface area contributed by atoms with Crippen LogP contribution in [0.15, 0.2) is 0 Å². The second-order valence-electron chi connectivity index (χ2n) is 4.90. The van der Waals surface area contributed by atoms with Gasteiger partial charge >= 0.3 is 18.0 Å². The minimum absolute atomic E-state index is 0.281. The summed E-state index contributed by atoms with van der Waals surface area (Å²) in [5.74, 6) is -2.00. The van der Waals surface area contributed by atoms with Gasteiger partial charge < -0.3 is 25.2 Å². The largest absolute Gasteiger partial charge is 0.480 e. The lowest BCUT2D eigenvalue weighted by Gasteiger charge is -2.24. The number of hydrogen-bond donors (Lipinski definition) is 3. The van der Waals surface area contributed by atoms with Gasteiger partial charge in [-0.05, 0) is 19.8 Å². The monoisotopic (exact) mass is 288 g/mol. The standard InChI is InChI=1S/C12H20N2O6/c1-12(4-3-5-20-12)7-13-11(18)14-8(10(16)17)6-9(15)19-2/h8H,3-7H2,1-2H3,(H,16,17)(H2,13,14,18)/t8-,12?/m0/s1. The molecule has 2 atom stereocenters. The molecular weight excluding hydrogens is 268 g/mol. The Kier molecular flexibility index (Phi) is 5.75. The zero-order valence-corrected chi connectivity index (χ0v) is 11.6. The van der Waals surface area contributed by atoms with E-state index in [1.165, 1.54) is 0 Å². The van der Waals surface area contributed by atoms with Crippen molar-refractivity contribution in [1.29, 1.82) is 0 Å². The van der Waals surface area contributed by atoms with Crippen molar-refractivity contribution in [2.75, 3.05) is 20.3 Å². The van der Waals surface area contributed by atoms with Crippen LogP contribution in [-0.2, 0) is 19.1 Å². The predicted molar refractivity (Wildman–Crippen MR) is 68.2 cm³/mol. The van der Waals surface area contributed by atoms with Gasteiger partial charge in [-0.25, -0.2) is 9.59 Å². The van der Waals surface area contributed by atoms with E-state index in [2.05, 4.69) is 15.4 Å². The van der Waals surface area contributed by atoms with Gasteiger partial charge in [-0.1, -0.05) is 0 Å². The highest BCUT2D eigenvalue weighted by Gasteiger charge is 2.31. The Labute approximate surface area is 116 Å². The summed E-state index contributed by atoms with van der Waals surface area (Å²) in [5, 5.41) is 13.7. The number of carboxylic acid groups (broad SMARTS) is 1. The Morgan fingerprint density at radius 1 is 1.45 bits per heavy atom. The first-order valence-corrected chi connectivity index (χ1v) is 6.34. The molecule has 0 bridgehead atoms. The molecule has 114 valence electrons. The Balaban J connectivity index is 2.41. The smallest absolute Gasteiger partial charge is 0.326 e. The van der Waals surface area contributed by atoms with Crippen LogP contribution in [-0.4, -0.2) is 55.0 Å². The highest BCUT2D eigenvalue weighted by atomic mass is 16.5. The Bertz CT molecular complexity index is 378. The van der Waals surface area contributed by atoms with E-state index in [0.717, 1.165) is 20.0 Å². The van der Waals surface area contributed by atoms with Gasteiger partial charge in [0.1, 0.15) is 6.04 Å². The van der Waals surface area contributed by atoms with E-state index in [9.17, 15) is 14.4 Å². The third-order valence-electron chi connectivity index (χ3n) is 3.13. The van der Waals surface area contributed by atoms with Gasteiger partial charge in [0.05, 0.1) is 19.1 Å². The molecule has 0 spiro atoms. The number of esters is 1. The van der Waals surface area contributed by atoms with Crippen molar-refractivity contribution in [2.24, 2.45) is 0 Å². The molecule has 1 fully saturated rings. The molecule has 1 rings (SSSR count). The van der Waals surface area contributed by atoms with Crippen molar-refractivity contribution < 1.29 is 29.0 Å². The van der Waals surface area contributed by atoms with Crippen molar-refractivity contribution in [1.82, 2.24) is 10.6 Å². The summed E-state index contributed by atoms with van der Waals surface area (Å²) in [7, 11) is 1.15. The maximum Gasteiger partial charge on any atom is 0.326 e. The molecule has 0 aliphatic carbocycles. The number of carbonyl (C=O) groups is 3. The number of urea groups is 1. The van der Waals surface area contributed by atoms with Gasteiger partial charge in [-0.15, -0.1) is 0 Å². The molecule has 0 saturated carbocycles. The first-order chi connectivity index (χ1) is 9.36. The Morgan fingerprint density at radius 3 is 2.65 bits per heavy atom. The Hall–Kier alpha value is -1.83. The third kappa shape index (κ3) is 5.04. The van der Waals surface area contributed by atoms with E-state index < -0.39 is 36.0 Å². The van der Waals surface area contributed by atoms with Gasteiger partial charge in [0, 0.05) is 13.2 Å². The highest BCUT2D eigenvalue weighted by molar-refractivity contribution is 5.86. The fourth-order valence-electron chi connectivity index (χ4n) is 1.90. The predicted octanol–water partition coefficient (Wildman–Crippen LogP) is -0.129. The maximum atomic E-state index is 11.6. The van der Waals surface area contributed by atoms with Gasteiger partial charge in [-0.2, -0.15) is 0 Å². The van der Waals surface area contributed by atoms with E-state index in [-0.39, 0.29) is 6.54 Å². The molecular formula is C12H20N2O6. The van der Waals surface area contributed by atoms with Crippen LogP contribution in [0.2, 0.25) is 0 Å². The van der Waals surface area contributed by atoms with Crippen molar-refractivity contribution >= 4 is 18.0 Å². The lowest BCUT2D eigenvalue weighted by molar-refractivity contribution is -0.147. The normalized spacial score (nSPS) is 22.9. The average Bonchev–Trinajstić information content (AvgIpc) is 2.83. The number of amides is 2. The highest BCUT2D eigenvalue weighted by Crippen LogP contribution is 2.23. The fourth-order valence-corrected chi connectivity index (χ4v) is 1.90. The molecule has 8 nitrogen and oxygen atoms in total. The van der Waals surface area contributed by atoms with Crippen molar-refractivity contribution in [3.05, 3.63) is 0 Å². The molecule has 1 aliphatic rings. The summed E-state index contributed by atoms with van der Waals surface area (Å²) < 4.78 is 9.87. The minimum Gasteiger partial charge on any atom is -0.480 e. The summed E-state index contributed by atoms with van der Waals surface area (Å²) in [6, 6.07) is -1.97. The molecule has 0 aromatic rings. The summed E-state index contributed by atoms with van der Waals surface area (Å²) in [6.45, 7) is 2.81. The van der Waals surface area contributed by atoms with E-state index in [0.29, 0.717) is 6.61 Å². The quantitative estimate of drug-likeness (QED) is 0.587. The van der Waals surface area contributed by atoms with Crippen LogP contribution in [0.25, 0.3) is 0 Å². The lowest BCUT2D eigenvalue weighted by Crippen LogP contribution is -2.50. The molecule has 1 aliphatic heterocycles. The average molecular weight is 288 g/mol. The number of methoxy groups -OCH3 is 1. The van der Waals surface area contributed by atoms with Crippen LogP contribution in [0.1, 0.15) is 26.2 Å². The van der Waals surface area contributed by atoms with Crippen molar-refractivity contribution in [2.45, 2.75) is 37.8 Å². The van der Waals surface area contributed by atoms with Gasteiger partial charge in [0.25, 0.3) is 0 Å². The number of aliphatic carboxylic acids is 1. The molecule has 8 heteroatoms. The number of rotatable bonds is 6. The van der Waals surface area contributed by atoms with E-state index >= 15 is 0 Å². The maximum absolute atomic E-state index is 11.6. The molecule has 2 amide bonds. The van der Waals surface area contributed by atoms with Crippen LogP contribution in [0.3, 0.4) is 0 Å². The van der Waals surface area contributed by atoms with Crippen LogP contribution in [0.5, 0.6) is 0 Å². The summed E-state index contributed by atoms with van der Waals surface area (Å²) in [4.78, 5) is 33.6. The second-order valence-corrected chi connectivity index (χ2v) is 4.90. The number of carboxylic acids is 1. The van der Waals surface area contributed by atoms with Crippen molar-refractivity contribution in [3.8, 4) is 0 Å². The zero-order chi connectivity index (χ0) is 15.2. The molecule has 3 N–H and O–H groups in total. The topological polar surface area (TPSA) is 114 Å².